The maximum atomic E-state index is 10.3. The molecule has 0 saturated carbocycles. The van der Waals surface area contributed by atoms with Crippen LogP contribution in [0.4, 0.5) is 0 Å². The maximum absolute atomic E-state index is 10.3. The number of rotatable bonds is 3. The Bertz CT molecular complexity index is 222. The first-order valence-corrected chi connectivity index (χ1v) is 3.22. The van der Waals surface area contributed by atoms with Gasteiger partial charge in [0.15, 0.2) is 0 Å². The van der Waals surface area contributed by atoms with E-state index in [0.29, 0.717) is 6.54 Å². The smallest absolute Gasteiger partial charge is 0.320 e. The summed E-state index contributed by atoms with van der Waals surface area (Å²) in [6.45, 7) is 0.487. The van der Waals surface area contributed by atoms with Gasteiger partial charge in [0, 0.05) is 12.1 Å². The summed E-state index contributed by atoms with van der Waals surface area (Å²) in [4.78, 5) is 17.9. The predicted molar refractivity (Wildman–Crippen MR) is 41.0 cm³/mol. The van der Waals surface area contributed by atoms with Crippen LogP contribution >= 0.6 is 0 Å². The second kappa shape index (κ2) is 3.25. The highest BCUT2D eigenvalue weighted by molar-refractivity contribution is 5.98. The molecule has 0 aliphatic carbocycles. The van der Waals surface area contributed by atoms with E-state index < -0.39 is 12.0 Å². The number of nitrogens with two attached hydrogens (primary N) is 1. The van der Waals surface area contributed by atoms with Crippen molar-refractivity contribution >= 4 is 18.0 Å². The van der Waals surface area contributed by atoms with Crippen molar-refractivity contribution in [1.29, 1.82) is 0 Å². The Balaban J connectivity index is 2.37. The maximum Gasteiger partial charge on any atom is 0.320 e. The van der Waals surface area contributed by atoms with Gasteiger partial charge in [-0.3, -0.25) is 9.79 Å². The largest absolute Gasteiger partial charge is 0.480 e. The molecule has 1 heterocycles. The number of aliphatic imine (C=N–C) groups is 2. The van der Waals surface area contributed by atoms with Crippen LogP contribution in [0, 0.1) is 0 Å². The van der Waals surface area contributed by atoms with E-state index in [9.17, 15) is 4.79 Å². The van der Waals surface area contributed by atoms with Gasteiger partial charge in [0.25, 0.3) is 0 Å². The molecule has 0 aromatic rings. The molecule has 0 radical (unpaired) electrons. The second-order valence-electron chi connectivity index (χ2n) is 2.30. The van der Waals surface area contributed by atoms with E-state index in [0.717, 1.165) is 5.71 Å². The predicted octanol–water partition coefficient (Wildman–Crippen LogP) is -0.729. The number of hydrogen-bond acceptors (Lipinski definition) is 4. The van der Waals surface area contributed by atoms with Crippen molar-refractivity contribution in [2.24, 2.45) is 15.7 Å². The SMILES string of the molecule is N[C@@H](CC1=NC=NC1)C(=O)O. The van der Waals surface area contributed by atoms with Gasteiger partial charge >= 0.3 is 5.97 Å². The minimum atomic E-state index is -1.00. The molecule has 0 amide bonds. The first-order valence-electron chi connectivity index (χ1n) is 3.22. The molecule has 5 heteroatoms. The Labute approximate surface area is 63.6 Å². The molecule has 1 aliphatic heterocycles. The summed E-state index contributed by atoms with van der Waals surface area (Å²) in [5.41, 5.74) is 6.00. The summed E-state index contributed by atoms with van der Waals surface area (Å²) < 4.78 is 0. The van der Waals surface area contributed by atoms with Crippen LogP contribution in [0.5, 0.6) is 0 Å². The Morgan fingerprint density at radius 2 is 2.64 bits per heavy atom. The summed E-state index contributed by atoms with van der Waals surface area (Å²) >= 11 is 0. The fraction of sp³-hybridized carbons (Fsp3) is 0.500. The lowest BCUT2D eigenvalue weighted by Crippen LogP contribution is -2.32. The zero-order chi connectivity index (χ0) is 8.27. The van der Waals surface area contributed by atoms with E-state index in [1.165, 1.54) is 6.34 Å². The monoisotopic (exact) mass is 155 g/mol. The van der Waals surface area contributed by atoms with Crippen LogP contribution in [0.2, 0.25) is 0 Å². The third-order valence-corrected chi connectivity index (χ3v) is 1.37. The van der Waals surface area contributed by atoms with Gasteiger partial charge in [-0.15, -0.1) is 0 Å². The van der Waals surface area contributed by atoms with Crippen LogP contribution in [0.1, 0.15) is 6.42 Å². The fourth-order valence-corrected chi connectivity index (χ4v) is 0.768. The Kier molecular flexibility index (Phi) is 2.32. The molecule has 11 heavy (non-hydrogen) atoms. The molecule has 0 spiro atoms. The van der Waals surface area contributed by atoms with Crippen LogP contribution in [-0.4, -0.2) is 35.7 Å². The third kappa shape index (κ3) is 2.12. The first-order chi connectivity index (χ1) is 5.20. The summed E-state index contributed by atoms with van der Waals surface area (Å²) in [7, 11) is 0. The van der Waals surface area contributed by atoms with E-state index in [2.05, 4.69) is 9.98 Å². The van der Waals surface area contributed by atoms with Crippen molar-refractivity contribution in [2.45, 2.75) is 12.5 Å². The lowest BCUT2D eigenvalue weighted by atomic mass is 10.1. The Morgan fingerprint density at radius 3 is 3.09 bits per heavy atom. The van der Waals surface area contributed by atoms with Crippen molar-refractivity contribution in [3.63, 3.8) is 0 Å². The molecule has 0 aromatic carbocycles. The Hall–Kier alpha value is -1.23. The molecule has 0 aromatic heterocycles. The highest BCUT2D eigenvalue weighted by atomic mass is 16.4. The van der Waals surface area contributed by atoms with Gasteiger partial charge in [-0.25, -0.2) is 4.99 Å². The van der Waals surface area contributed by atoms with Crippen molar-refractivity contribution in [2.75, 3.05) is 6.54 Å². The minimum Gasteiger partial charge on any atom is -0.480 e. The molecule has 5 nitrogen and oxygen atoms in total. The number of carboxylic acid groups (broad SMARTS) is 1. The third-order valence-electron chi connectivity index (χ3n) is 1.37. The average molecular weight is 155 g/mol. The zero-order valence-electron chi connectivity index (χ0n) is 5.90. The van der Waals surface area contributed by atoms with Crippen LogP contribution in [0.15, 0.2) is 9.98 Å². The molecule has 0 fully saturated rings. The summed E-state index contributed by atoms with van der Waals surface area (Å²) in [5.74, 6) is -1.00. The van der Waals surface area contributed by atoms with Gasteiger partial charge in [-0.1, -0.05) is 0 Å². The summed E-state index contributed by atoms with van der Waals surface area (Å²) in [6, 6.07) is -0.851. The standard InChI is InChI=1S/C6H9N3O2/c7-5(6(10)11)1-4-2-8-3-9-4/h3,5H,1-2,7H2,(H,10,11)/t5-/m0/s1. The van der Waals surface area contributed by atoms with Crippen LogP contribution < -0.4 is 5.73 Å². The lowest BCUT2D eigenvalue weighted by Gasteiger charge is -2.03. The van der Waals surface area contributed by atoms with E-state index in [1.807, 2.05) is 0 Å². The molecular weight excluding hydrogens is 146 g/mol. The normalized spacial score (nSPS) is 18.1. The average Bonchev–Trinajstić information content (AvgIpc) is 2.39. The van der Waals surface area contributed by atoms with Gasteiger partial charge in [-0.2, -0.15) is 0 Å². The number of carboxylic acids is 1. The van der Waals surface area contributed by atoms with Crippen LogP contribution in [0.3, 0.4) is 0 Å². The number of nitrogens with zero attached hydrogens (tertiary/aromatic N) is 2. The second-order valence-corrected chi connectivity index (χ2v) is 2.30. The number of carbonyl (C=O) groups is 1. The molecular formula is C6H9N3O2. The Morgan fingerprint density at radius 1 is 1.91 bits per heavy atom. The first kappa shape index (κ1) is 7.87. The van der Waals surface area contributed by atoms with E-state index in [4.69, 9.17) is 10.8 Å². The van der Waals surface area contributed by atoms with Gasteiger partial charge in [-0.05, 0) is 0 Å². The summed E-state index contributed by atoms with van der Waals surface area (Å²) in [6.07, 6.45) is 1.71. The molecule has 1 aliphatic rings. The number of hydrogen-bond donors (Lipinski definition) is 2. The van der Waals surface area contributed by atoms with Crippen LogP contribution in [-0.2, 0) is 4.79 Å². The van der Waals surface area contributed by atoms with Crippen LogP contribution in [0.25, 0.3) is 0 Å². The molecule has 0 bridgehead atoms. The molecule has 0 unspecified atom stereocenters. The van der Waals surface area contributed by atoms with Crippen molar-refractivity contribution < 1.29 is 9.90 Å². The van der Waals surface area contributed by atoms with E-state index >= 15 is 0 Å². The fourth-order valence-electron chi connectivity index (χ4n) is 0.768. The highest BCUT2D eigenvalue weighted by Gasteiger charge is 2.15. The van der Waals surface area contributed by atoms with Crippen molar-refractivity contribution in [3.8, 4) is 0 Å². The molecule has 1 atom stereocenters. The quantitative estimate of drug-likeness (QED) is 0.563. The van der Waals surface area contributed by atoms with Gasteiger partial charge < -0.3 is 10.8 Å². The van der Waals surface area contributed by atoms with Gasteiger partial charge in [0.2, 0.25) is 0 Å². The molecule has 3 N–H and O–H groups in total. The summed E-state index contributed by atoms with van der Waals surface area (Å²) in [5, 5.41) is 8.42. The van der Waals surface area contributed by atoms with Crippen molar-refractivity contribution in [3.05, 3.63) is 0 Å². The molecule has 0 saturated heterocycles. The topological polar surface area (TPSA) is 88.0 Å². The molecule has 1 rings (SSSR count). The van der Waals surface area contributed by atoms with E-state index in [-0.39, 0.29) is 6.42 Å². The zero-order valence-corrected chi connectivity index (χ0v) is 5.90. The minimum absolute atomic E-state index is 0.287. The molecule has 60 valence electrons. The lowest BCUT2D eigenvalue weighted by molar-refractivity contribution is -0.138. The van der Waals surface area contributed by atoms with E-state index in [1.54, 1.807) is 0 Å². The van der Waals surface area contributed by atoms with Gasteiger partial charge in [0.1, 0.15) is 12.4 Å². The number of aliphatic carboxylic acids is 1. The van der Waals surface area contributed by atoms with Crippen molar-refractivity contribution in [1.82, 2.24) is 0 Å². The highest BCUT2D eigenvalue weighted by Crippen LogP contribution is 1.97. The van der Waals surface area contributed by atoms with Gasteiger partial charge in [0.05, 0.1) is 6.54 Å².